The lowest BCUT2D eigenvalue weighted by Crippen LogP contribution is -2.22. The zero-order chi connectivity index (χ0) is 16.8. The van der Waals surface area contributed by atoms with Crippen molar-refractivity contribution in [1.29, 1.82) is 0 Å². The van der Waals surface area contributed by atoms with Crippen LogP contribution in [0.2, 0.25) is 10.0 Å². The molecule has 3 nitrogen and oxygen atoms in total. The van der Waals surface area contributed by atoms with Crippen molar-refractivity contribution in [2.45, 2.75) is 32.7 Å². The summed E-state index contributed by atoms with van der Waals surface area (Å²) < 4.78 is 1.61. The minimum atomic E-state index is 0.00281. The first-order chi connectivity index (χ1) is 11.5. The molecule has 0 amide bonds. The Morgan fingerprint density at radius 1 is 1.33 bits per heavy atom. The molecule has 0 unspecified atom stereocenters. The van der Waals surface area contributed by atoms with Gasteiger partial charge >= 0.3 is 0 Å². The summed E-state index contributed by atoms with van der Waals surface area (Å²) in [7, 11) is 0. The average Bonchev–Trinajstić information content (AvgIpc) is 2.91. The van der Waals surface area contributed by atoms with E-state index in [1.54, 1.807) is 40.4 Å². The van der Waals surface area contributed by atoms with E-state index in [0.717, 1.165) is 35.0 Å². The van der Waals surface area contributed by atoms with E-state index < -0.39 is 0 Å². The highest BCUT2D eigenvalue weighted by Gasteiger charge is 2.23. The molecule has 0 spiro atoms. The van der Waals surface area contributed by atoms with E-state index in [2.05, 4.69) is 11.9 Å². The van der Waals surface area contributed by atoms with Gasteiger partial charge in [0.05, 0.1) is 18.3 Å². The number of fused-ring (bicyclic) bond motifs is 3. The fourth-order valence-corrected chi connectivity index (χ4v) is 5.19. The van der Waals surface area contributed by atoms with Crippen LogP contribution in [-0.2, 0) is 19.4 Å². The maximum atomic E-state index is 13.0. The van der Waals surface area contributed by atoms with Crippen LogP contribution in [0.1, 0.15) is 29.3 Å². The van der Waals surface area contributed by atoms with Crippen molar-refractivity contribution in [3.63, 3.8) is 0 Å². The van der Waals surface area contributed by atoms with Gasteiger partial charge in [-0.25, -0.2) is 4.98 Å². The van der Waals surface area contributed by atoms with Crippen LogP contribution >= 0.6 is 34.5 Å². The van der Waals surface area contributed by atoms with Crippen molar-refractivity contribution >= 4 is 44.8 Å². The van der Waals surface area contributed by atoms with Crippen LogP contribution in [0.25, 0.3) is 10.2 Å². The Hall–Kier alpha value is -1.36. The van der Waals surface area contributed by atoms with Crippen molar-refractivity contribution in [2.24, 2.45) is 5.92 Å². The topological polar surface area (TPSA) is 34.9 Å². The number of nitrogens with zero attached hydrogens (tertiary/aromatic N) is 2. The summed E-state index contributed by atoms with van der Waals surface area (Å²) in [6.07, 6.45) is 4.75. The van der Waals surface area contributed by atoms with Gasteiger partial charge in [0, 0.05) is 20.5 Å². The highest BCUT2D eigenvalue weighted by molar-refractivity contribution is 7.18. The summed E-state index contributed by atoms with van der Waals surface area (Å²) in [5.74, 6) is 0.676. The molecule has 0 fully saturated rings. The molecule has 0 aliphatic heterocycles. The van der Waals surface area contributed by atoms with E-state index >= 15 is 0 Å². The Morgan fingerprint density at radius 3 is 2.83 bits per heavy atom. The first kappa shape index (κ1) is 16.1. The highest BCUT2D eigenvalue weighted by Crippen LogP contribution is 2.35. The normalized spacial score (nSPS) is 17.2. The average molecular weight is 379 g/mol. The Bertz CT molecular complexity index is 972. The third kappa shape index (κ3) is 2.67. The maximum absolute atomic E-state index is 13.0. The number of halogens is 2. The number of hydrogen-bond donors (Lipinski definition) is 0. The first-order valence-electron chi connectivity index (χ1n) is 7.97. The van der Waals surface area contributed by atoms with Crippen molar-refractivity contribution in [3.05, 3.63) is 60.9 Å². The molecule has 6 heteroatoms. The van der Waals surface area contributed by atoms with Crippen molar-refractivity contribution in [3.8, 4) is 0 Å². The van der Waals surface area contributed by atoms with Crippen LogP contribution in [0.15, 0.2) is 29.3 Å². The lowest BCUT2D eigenvalue weighted by Gasteiger charge is -2.17. The van der Waals surface area contributed by atoms with Gasteiger partial charge in [0.1, 0.15) is 4.83 Å². The summed E-state index contributed by atoms with van der Waals surface area (Å²) in [6, 6.07) is 5.37. The number of thiophene rings is 1. The molecule has 0 radical (unpaired) electrons. The van der Waals surface area contributed by atoms with Gasteiger partial charge in [-0.05, 0) is 42.9 Å². The van der Waals surface area contributed by atoms with Crippen LogP contribution in [0.5, 0.6) is 0 Å². The molecule has 3 aromatic rings. The number of aryl methyl sites for hydroxylation is 1. The first-order valence-corrected chi connectivity index (χ1v) is 9.54. The summed E-state index contributed by atoms with van der Waals surface area (Å²) in [6.45, 7) is 2.60. The van der Waals surface area contributed by atoms with Gasteiger partial charge in [-0.2, -0.15) is 0 Å². The molecular formula is C18H16Cl2N2OS. The summed E-state index contributed by atoms with van der Waals surface area (Å²) in [5, 5.41) is 1.92. The van der Waals surface area contributed by atoms with Gasteiger partial charge < -0.3 is 0 Å². The number of benzene rings is 1. The van der Waals surface area contributed by atoms with Gasteiger partial charge in [-0.3, -0.25) is 9.36 Å². The summed E-state index contributed by atoms with van der Waals surface area (Å²) in [5.41, 5.74) is 1.95. The highest BCUT2D eigenvalue weighted by atomic mass is 35.5. The van der Waals surface area contributed by atoms with Crippen LogP contribution in [0.3, 0.4) is 0 Å². The second-order valence-electron chi connectivity index (χ2n) is 6.41. The molecule has 0 bridgehead atoms. The lowest BCUT2D eigenvalue weighted by molar-refractivity contribution is 0.509. The molecule has 0 saturated heterocycles. The third-order valence-corrected chi connectivity index (χ3v) is 6.54. The van der Waals surface area contributed by atoms with E-state index in [1.807, 2.05) is 0 Å². The molecule has 1 aliphatic rings. The monoisotopic (exact) mass is 378 g/mol. The van der Waals surface area contributed by atoms with Crippen LogP contribution < -0.4 is 5.56 Å². The lowest BCUT2D eigenvalue weighted by atomic mass is 9.89. The van der Waals surface area contributed by atoms with Gasteiger partial charge in [0.15, 0.2) is 0 Å². The van der Waals surface area contributed by atoms with Crippen LogP contribution in [-0.4, -0.2) is 9.55 Å². The zero-order valence-corrected chi connectivity index (χ0v) is 15.5. The third-order valence-electron chi connectivity index (χ3n) is 4.67. The fourth-order valence-electron chi connectivity index (χ4n) is 3.33. The molecule has 2 aromatic heterocycles. The molecule has 1 atom stereocenters. The zero-order valence-electron chi connectivity index (χ0n) is 13.2. The van der Waals surface area contributed by atoms with E-state index in [4.69, 9.17) is 23.2 Å². The fraction of sp³-hybridized carbons (Fsp3) is 0.333. The molecule has 24 heavy (non-hydrogen) atoms. The number of hydrogen-bond acceptors (Lipinski definition) is 3. The molecule has 0 N–H and O–H groups in total. The van der Waals surface area contributed by atoms with Crippen molar-refractivity contribution < 1.29 is 0 Å². The predicted octanol–water partition coefficient (Wildman–Crippen LogP) is 4.94. The largest absolute Gasteiger partial charge is 0.294 e. The Balaban J connectivity index is 1.83. The quantitative estimate of drug-likeness (QED) is 0.632. The molecule has 4 rings (SSSR count). The van der Waals surface area contributed by atoms with Crippen LogP contribution in [0, 0.1) is 5.92 Å². The standard InChI is InChI=1S/C18H16Cl2N2OS/c1-10-5-6-11-15(7-10)24-17-16(11)18(23)22(9-21-17)8-12-13(19)3-2-4-14(12)20/h2-4,9-10H,5-8H2,1H3/t10-/m0/s1. The van der Waals surface area contributed by atoms with Gasteiger partial charge in [0.25, 0.3) is 5.56 Å². The second-order valence-corrected chi connectivity index (χ2v) is 8.31. The van der Waals surface area contributed by atoms with Crippen LogP contribution in [0.4, 0.5) is 0 Å². The van der Waals surface area contributed by atoms with Crippen molar-refractivity contribution in [1.82, 2.24) is 9.55 Å². The Kier molecular flexibility index (Phi) is 4.15. The molecule has 0 saturated carbocycles. The molecule has 1 aliphatic carbocycles. The number of aromatic nitrogens is 2. The summed E-state index contributed by atoms with van der Waals surface area (Å²) >= 11 is 14.1. The minimum absolute atomic E-state index is 0.00281. The molecular weight excluding hydrogens is 363 g/mol. The van der Waals surface area contributed by atoms with Gasteiger partial charge in [-0.1, -0.05) is 36.2 Å². The Labute approximate surface area is 153 Å². The predicted molar refractivity (Wildman–Crippen MR) is 101 cm³/mol. The molecule has 2 heterocycles. The van der Waals surface area contributed by atoms with Crippen molar-refractivity contribution in [2.75, 3.05) is 0 Å². The van der Waals surface area contributed by atoms with E-state index in [1.165, 1.54) is 10.4 Å². The maximum Gasteiger partial charge on any atom is 0.262 e. The molecule has 1 aromatic carbocycles. The summed E-state index contributed by atoms with van der Waals surface area (Å²) in [4.78, 5) is 19.7. The van der Waals surface area contributed by atoms with E-state index in [9.17, 15) is 4.79 Å². The minimum Gasteiger partial charge on any atom is -0.294 e. The smallest absolute Gasteiger partial charge is 0.262 e. The SMILES string of the molecule is C[C@H]1CCc2c(sc3ncn(Cc4c(Cl)cccc4Cl)c(=O)c23)C1. The Morgan fingerprint density at radius 2 is 2.08 bits per heavy atom. The van der Waals surface area contributed by atoms with E-state index in [0.29, 0.717) is 22.5 Å². The number of rotatable bonds is 2. The second kappa shape index (κ2) is 6.17. The van der Waals surface area contributed by atoms with Gasteiger partial charge in [-0.15, -0.1) is 11.3 Å². The molecule has 124 valence electrons. The van der Waals surface area contributed by atoms with Gasteiger partial charge in [0.2, 0.25) is 0 Å². The van der Waals surface area contributed by atoms with E-state index in [-0.39, 0.29) is 5.56 Å².